The van der Waals surface area contributed by atoms with Gasteiger partial charge in [0.15, 0.2) is 0 Å². The Kier molecular flexibility index (Phi) is 4.57. The van der Waals surface area contributed by atoms with E-state index in [2.05, 4.69) is 18.9 Å². The van der Waals surface area contributed by atoms with Gasteiger partial charge in [0.2, 0.25) is 0 Å². The smallest absolute Gasteiger partial charge is 0.327 e. The minimum absolute atomic E-state index is 0.121. The molecular weight excluding hydrogens is 266 g/mol. The zero-order valence-electron chi connectivity index (χ0n) is 11.4. The monoisotopic (exact) mass is 287 g/mol. The maximum atomic E-state index is 12.4. The number of likely N-dealkylation sites (N-methyl/N-ethyl adjacent to an activating group) is 1. The van der Waals surface area contributed by atoms with Gasteiger partial charge in [-0.15, -0.1) is 11.8 Å². The molecule has 7 heteroatoms. The Hall–Kier alpha value is -0.950. The van der Waals surface area contributed by atoms with Crippen LogP contribution in [0.2, 0.25) is 0 Å². The fourth-order valence-electron chi connectivity index (χ4n) is 2.58. The molecule has 2 fully saturated rings. The second kappa shape index (κ2) is 6.00. The second-order valence-corrected chi connectivity index (χ2v) is 6.09. The molecule has 1 N–H and O–H groups in total. The first-order valence-electron chi connectivity index (χ1n) is 6.61. The molecular formula is C12H21N3O3S. The maximum Gasteiger partial charge on any atom is 0.327 e. The summed E-state index contributed by atoms with van der Waals surface area (Å²) in [7, 11) is 2.07. The molecule has 2 amide bonds. The zero-order valence-corrected chi connectivity index (χ0v) is 12.2. The average Bonchev–Trinajstić information content (AvgIpc) is 2.87. The van der Waals surface area contributed by atoms with E-state index in [1.165, 1.54) is 16.7 Å². The number of hydrogen-bond acceptors (Lipinski definition) is 4. The minimum atomic E-state index is -0.903. The summed E-state index contributed by atoms with van der Waals surface area (Å²) in [6.45, 7) is 4.34. The number of aliphatic carboxylic acids is 1. The normalized spacial score (nSPS) is 28.7. The number of thioether (sulfide) groups is 1. The van der Waals surface area contributed by atoms with E-state index in [0.717, 1.165) is 13.0 Å². The molecule has 2 aliphatic rings. The Labute approximate surface area is 117 Å². The maximum absolute atomic E-state index is 12.4. The number of carboxylic acids is 1. The molecule has 2 rings (SSSR count). The number of carbonyl (C=O) groups is 2. The molecule has 2 atom stereocenters. The van der Waals surface area contributed by atoms with Crippen LogP contribution in [-0.4, -0.2) is 82.2 Å². The van der Waals surface area contributed by atoms with Crippen molar-refractivity contribution < 1.29 is 14.7 Å². The zero-order chi connectivity index (χ0) is 14.0. The highest BCUT2D eigenvalue weighted by atomic mass is 32.2. The van der Waals surface area contributed by atoms with Crippen LogP contribution in [-0.2, 0) is 4.79 Å². The van der Waals surface area contributed by atoms with Gasteiger partial charge in [-0.1, -0.05) is 6.92 Å². The second-order valence-electron chi connectivity index (χ2n) is 5.09. The van der Waals surface area contributed by atoms with Crippen molar-refractivity contribution in [1.29, 1.82) is 0 Å². The van der Waals surface area contributed by atoms with Crippen LogP contribution in [0.15, 0.2) is 0 Å². The predicted octanol–water partition coefficient (Wildman–Crippen LogP) is 0.592. The highest BCUT2D eigenvalue weighted by Crippen LogP contribution is 2.23. The van der Waals surface area contributed by atoms with Crippen molar-refractivity contribution >= 4 is 23.8 Å². The fourth-order valence-corrected chi connectivity index (χ4v) is 3.72. The molecule has 0 spiro atoms. The number of nitrogens with zero attached hydrogens (tertiary/aromatic N) is 3. The van der Waals surface area contributed by atoms with E-state index >= 15 is 0 Å². The summed E-state index contributed by atoms with van der Waals surface area (Å²) in [6.07, 6.45) is 0.997. The van der Waals surface area contributed by atoms with E-state index in [4.69, 9.17) is 5.11 Å². The third-order valence-corrected chi connectivity index (χ3v) is 4.94. The van der Waals surface area contributed by atoms with Crippen molar-refractivity contribution in [2.45, 2.75) is 25.4 Å². The van der Waals surface area contributed by atoms with Crippen LogP contribution in [0.4, 0.5) is 4.79 Å². The Bertz CT molecular complexity index is 366. The summed E-state index contributed by atoms with van der Waals surface area (Å²) in [4.78, 5) is 29.1. The lowest BCUT2D eigenvalue weighted by molar-refractivity contribution is -0.141. The molecule has 6 nitrogen and oxygen atoms in total. The Morgan fingerprint density at radius 2 is 2.11 bits per heavy atom. The van der Waals surface area contributed by atoms with Gasteiger partial charge in [0.05, 0.1) is 5.88 Å². The van der Waals surface area contributed by atoms with Crippen molar-refractivity contribution in [1.82, 2.24) is 14.7 Å². The van der Waals surface area contributed by atoms with Gasteiger partial charge in [-0.3, -0.25) is 4.90 Å². The van der Waals surface area contributed by atoms with Crippen LogP contribution in [0.25, 0.3) is 0 Å². The Morgan fingerprint density at radius 3 is 2.74 bits per heavy atom. The number of hydrogen-bond donors (Lipinski definition) is 1. The topological polar surface area (TPSA) is 64.1 Å². The van der Waals surface area contributed by atoms with Crippen LogP contribution < -0.4 is 0 Å². The Balaban J connectivity index is 2.01. The first-order chi connectivity index (χ1) is 9.04. The summed E-state index contributed by atoms with van der Waals surface area (Å²) >= 11 is 1.51. The molecule has 0 aliphatic carbocycles. The SMILES string of the molecule is CCC1CN(C(=O)N2CSCC2C(=O)O)CCN1C. The predicted molar refractivity (Wildman–Crippen MR) is 74.3 cm³/mol. The molecule has 0 bridgehead atoms. The van der Waals surface area contributed by atoms with E-state index in [1.807, 2.05) is 0 Å². The van der Waals surface area contributed by atoms with Crippen LogP contribution >= 0.6 is 11.8 Å². The number of carbonyl (C=O) groups excluding carboxylic acids is 1. The standard InChI is InChI=1S/C12H21N3O3S/c1-3-9-6-14(5-4-13(9)2)12(18)15-8-19-7-10(15)11(16)17/h9-10H,3-8H2,1-2H3,(H,16,17). The molecule has 0 radical (unpaired) electrons. The first kappa shape index (κ1) is 14.5. The molecule has 19 heavy (non-hydrogen) atoms. The van der Waals surface area contributed by atoms with Gasteiger partial charge in [0.25, 0.3) is 0 Å². The summed E-state index contributed by atoms with van der Waals surface area (Å²) in [5.74, 6) is 0.0739. The van der Waals surface area contributed by atoms with Crippen molar-refractivity contribution in [3.05, 3.63) is 0 Å². The molecule has 108 valence electrons. The van der Waals surface area contributed by atoms with Crippen molar-refractivity contribution in [2.75, 3.05) is 38.3 Å². The van der Waals surface area contributed by atoms with E-state index in [1.54, 1.807) is 4.90 Å². The Morgan fingerprint density at radius 1 is 1.37 bits per heavy atom. The number of amides is 2. The highest BCUT2D eigenvalue weighted by molar-refractivity contribution is 7.99. The van der Waals surface area contributed by atoms with Crippen LogP contribution in [0.3, 0.4) is 0 Å². The number of rotatable bonds is 2. The van der Waals surface area contributed by atoms with Gasteiger partial charge in [-0.05, 0) is 13.5 Å². The summed E-state index contributed by atoms with van der Waals surface area (Å²) in [5.41, 5.74) is 0. The van der Waals surface area contributed by atoms with Gasteiger partial charge < -0.3 is 14.9 Å². The van der Waals surface area contributed by atoms with Crippen molar-refractivity contribution in [3.63, 3.8) is 0 Å². The minimum Gasteiger partial charge on any atom is -0.480 e. The molecule has 2 heterocycles. The van der Waals surface area contributed by atoms with E-state index in [-0.39, 0.29) is 6.03 Å². The number of piperazine rings is 1. The molecule has 0 aromatic rings. The molecule has 2 saturated heterocycles. The van der Waals surface area contributed by atoms with Crippen molar-refractivity contribution in [2.24, 2.45) is 0 Å². The van der Waals surface area contributed by atoms with Crippen LogP contribution in [0, 0.1) is 0 Å². The van der Waals surface area contributed by atoms with Gasteiger partial charge >= 0.3 is 12.0 Å². The molecule has 2 aliphatic heterocycles. The third kappa shape index (κ3) is 2.97. The van der Waals surface area contributed by atoms with E-state index < -0.39 is 12.0 Å². The van der Waals surface area contributed by atoms with Crippen LogP contribution in [0.5, 0.6) is 0 Å². The van der Waals surface area contributed by atoms with Gasteiger partial charge in [-0.2, -0.15) is 0 Å². The molecule has 2 unspecified atom stereocenters. The third-order valence-electron chi connectivity index (χ3n) is 3.93. The summed E-state index contributed by atoms with van der Waals surface area (Å²) < 4.78 is 0. The number of carboxylic acid groups (broad SMARTS) is 1. The van der Waals surface area contributed by atoms with E-state index in [0.29, 0.717) is 30.8 Å². The fraction of sp³-hybridized carbons (Fsp3) is 0.833. The lowest BCUT2D eigenvalue weighted by Crippen LogP contribution is -2.57. The van der Waals surface area contributed by atoms with Gasteiger partial charge in [0.1, 0.15) is 6.04 Å². The largest absolute Gasteiger partial charge is 0.480 e. The van der Waals surface area contributed by atoms with Crippen LogP contribution in [0.1, 0.15) is 13.3 Å². The van der Waals surface area contributed by atoms with Crippen molar-refractivity contribution in [3.8, 4) is 0 Å². The summed E-state index contributed by atoms with van der Waals surface area (Å²) in [5, 5.41) is 9.14. The molecule has 0 saturated carbocycles. The first-order valence-corrected chi connectivity index (χ1v) is 7.76. The molecule has 0 aromatic heterocycles. The van der Waals surface area contributed by atoms with Gasteiger partial charge in [-0.25, -0.2) is 9.59 Å². The quantitative estimate of drug-likeness (QED) is 0.805. The number of urea groups is 1. The van der Waals surface area contributed by atoms with Gasteiger partial charge in [0, 0.05) is 31.4 Å². The van der Waals surface area contributed by atoms with E-state index in [9.17, 15) is 9.59 Å². The molecule has 0 aromatic carbocycles. The average molecular weight is 287 g/mol. The summed E-state index contributed by atoms with van der Waals surface area (Å²) in [6, 6.07) is -0.419. The lowest BCUT2D eigenvalue weighted by atomic mass is 10.1. The highest BCUT2D eigenvalue weighted by Gasteiger charge is 2.38. The lowest BCUT2D eigenvalue weighted by Gasteiger charge is -2.40.